The summed E-state index contributed by atoms with van der Waals surface area (Å²) in [6.07, 6.45) is -7.55. The normalized spacial score (nSPS) is 40.3. The van der Waals surface area contributed by atoms with Gasteiger partial charge in [-0.05, 0) is 67.1 Å². The van der Waals surface area contributed by atoms with Gasteiger partial charge in [0.25, 0.3) is 5.60 Å². The topological polar surface area (TPSA) is 9.23 Å². The van der Waals surface area contributed by atoms with Crippen LogP contribution in [0.15, 0.2) is 0 Å². The van der Waals surface area contributed by atoms with Crippen LogP contribution in [0.5, 0.6) is 0 Å². The standard InChI is InChI=1S/C19H28F6O/c1-4-10-6-11(5-2)16-14-8-12(15(10)16)7-13(14)9-17(26-3,18(20,21)22)19(23,24)25/h10-16H,4-9H2,1-3H3. The third kappa shape index (κ3) is 2.78. The molecular weight excluding hydrogens is 358 g/mol. The number of ether oxygens (including phenoxy) is 1. The fourth-order valence-corrected chi connectivity index (χ4v) is 6.84. The molecule has 3 saturated carbocycles. The van der Waals surface area contributed by atoms with Crippen molar-refractivity contribution in [2.24, 2.45) is 41.4 Å². The molecule has 2 bridgehead atoms. The molecule has 0 aromatic heterocycles. The van der Waals surface area contributed by atoms with Gasteiger partial charge in [0, 0.05) is 7.11 Å². The van der Waals surface area contributed by atoms with Crippen LogP contribution in [-0.2, 0) is 4.74 Å². The lowest BCUT2D eigenvalue weighted by Gasteiger charge is -2.42. The molecule has 0 aromatic rings. The van der Waals surface area contributed by atoms with E-state index in [4.69, 9.17) is 0 Å². The van der Waals surface area contributed by atoms with Crippen LogP contribution in [0.1, 0.15) is 52.4 Å². The third-order valence-corrected chi connectivity index (χ3v) is 7.83. The summed E-state index contributed by atoms with van der Waals surface area (Å²) in [5.74, 6) is 1.52. The smallest absolute Gasteiger partial charge is 0.361 e. The predicted octanol–water partition coefficient (Wildman–Crippen LogP) is 6.23. The Hall–Kier alpha value is -0.460. The van der Waals surface area contributed by atoms with E-state index in [0.717, 1.165) is 25.7 Å². The van der Waals surface area contributed by atoms with Gasteiger partial charge in [0.15, 0.2) is 0 Å². The van der Waals surface area contributed by atoms with E-state index in [1.807, 2.05) is 0 Å². The van der Waals surface area contributed by atoms with E-state index in [-0.39, 0.29) is 11.8 Å². The zero-order valence-corrected chi connectivity index (χ0v) is 15.5. The van der Waals surface area contributed by atoms with Crippen molar-refractivity contribution in [1.82, 2.24) is 0 Å². The second-order valence-electron chi connectivity index (χ2n) is 8.61. The molecule has 0 aliphatic heterocycles. The average molecular weight is 386 g/mol. The molecule has 7 heteroatoms. The molecule has 3 aliphatic carbocycles. The van der Waals surface area contributed by atoms with Gasteiger partial charge in [-0.15, -0.1) is 0 Å². The van der Waals surface area contributed by atoms with Gasteiger partial charge < -0.3 is 4.74 Å². The largest absolute Gasteiger partial charge is 0.426 e. The summed E-state index contributed by atoms with van der Waals surface area (Å²) in [7, 11) is 0.536. The first kappa shape index (κ1) is 20.3. The lowest BCUT2D eigenvalue weighted by atomic mass is 9.68. The van der Waals surface area contributed by atoms with Gasteiger partial charge in [-0.3, -0.25) is 0 Å². The van der Waals surface area contributed by atoms with E-state index < -0.39 is 30.3 Å². The minimum absolute atomic E-state index is 0.0225. The molecule has 0 N–H and O–H groups in total. The fraction of sp³-hybridized carbons (Fsp3) is 1.00. The van der Waals surface area contributed by atoms with E-state index in [2.05, 4.69) is 18.6 Å². The van der Waals surface area contributed by atoms with E-state index >= 15 is 0 Å². The Kier molecular flexibility index (Phi) is 5.11. The summed E-state index contributed by atoms with van der Waals surface area (Å²) >= 11 is 0. The molecule has 0 heterocycles. The maximum Gasteiger partial charge on any atom is 0.426 e. The second-order valence-corrected chi connectivity index (χ2v) is 8.61. The van der Waals surface area contributed by atoms with E-state index in [1.54, 1.807) is 0 Å². The SMILES string of the molecule is CCC1CC(CC)C2C3CC(CC3CC(OC)(C(F)(F)F)C(F)(F)F)C12. The van der Waals surface area contributed by atoms with Crippen molar-refractivity contribution in [1.29, 1.82) is 0 Å². The summed E-state index contributed by atoms with van der Waals surface area (Å²) in [5, 5.41) is 0. The lowest BCUT2D eigenvalue weighted by Crippen LogP contribution is -2.59. The molecule has 0 amide bonds. The number of hydrogen-bond acceptors (Lipinski definition) is 1. The Balaban J connectivity index is 1.86. The Morgan fingerprint density at radius 2 is 1.31 bits per heavy atom. The molecule has 7 atom stereocenters. The molecule has 0 radical (unpaired) electrons. The highest BCUT2D eigenvalue weighted by molar-refractivity contribution is 5.10. The Labute approximate surface area is 150 Å². The summed E-state index contributed by atoms with van der Waals surface area (Å²) in [4.78, 5) is 0. The molecule has 3 aliphatic rings. The first-order chi connectivity index (χ1) is 12.0. The number of hydrogen-bond donors (Lipinski definition) is 0. The minimum Gasteiger partial charge on any atom is -0.361 e. The van der Waals surface area contributed by atoms with Crippen molar-refractivity contribution in [3.8, 4) is 0 Å². The number of fused-ring (bicyclic) bond motifs is 5. The molecule has 0 spiro atoms. The Morgan fingerprint density at radius 1 is 0.769 bits per heavy atom. The highest BCUT2D eigenvalue weighted by atomic mass is 19.4. The van der Waals surface area contributed by atoms with E-state index in [9.17, 15) is 26.3 Å². The molecule has 3 fully saturated rings. The zero-order chi connectivity index (χ0) is 19.5. The number of rotatable bonds is 5. The van der Waals surface area contributed by atoms with E-state index in [1.165, 1.54) is 0 Å². The molecule has 7 unspecified atom stereocenters. The van der Waals surface area contributed by atoms with Crippen LogP contribution < -0.4 is 0 Å². The maximum absolute atomic E-state index is 13.4. The fourth-order valence-electron chi connectivity index (χ4n) is 6.84. The van der Waals surface area contributed by atoms with Gasteiger partial charge in [-0.1, -0.05) is 26.7 Å². The quantitative estimate of drug-likeness (QED) is 0.509. The third-order valence-electron chi connectivity index (χ3n) is 7.83. The zero-order valence-electron chi connectivity index (χ0n) is 15.5. The lowest BCUT2D eigenvalue weighted by molar-refractivity contribution is -0.380. The first-order valence-corrected chi connectivity index (χ1v) is 9.69. The van der Waals surface area contributed by atoms with Crippen molar-refractivity contribution in [3.05, 3.63) is 0 Å². The van der Waals surface area contributed by atoms with Crippen LogP contribution in [0.4, 0.5) is 26.3 Å². The summed E-state index contributed by atoms with van der Waals surface area (Å²) in [5.41, 5.74) is -4.05. The highest BCUT2D eigenvalue weighted by Gasteiger charge is 2.73. The molecular formula is C19H28F6O. The maximum atomic E-state index is 13.4. The minimum atomic E-state index is -5.47. The molecule has 152 valence electrons. The van der Waals surface area contributed by atoms with Gasteiger partial charge in [0.1, 0.15) is 0 Å². The number of methoxy groups -OCH3 is 1. The molecule has 0 aromatic carbocycles. The van der Waals surface area contributed by atoms with Crippen LogP contribution in [0, 0.1) is 41.4 Å². The van der Waals surface area contributed by atoms with Crippen molar-refractivity contribution >= 4 is 0 Å². The van der Waals surface area contributed by atoms with Crippen LogP contribution in [0.3, 0.4) is 0 Å². The van der Waals surface area contributed by atoms with Gasteiger partial charge in [0.2, 0.25) is 0 Å². The van der Waals surface area contributed by atoms with Gasteiger partial charge in [-0.25, -0.2) is 0 Å². The van der Waals surface area contributed by atoms with Gasteiger partial charge in [-0.2, -0.15) is 26.3 Å². The number of halogens is 6. The second kappa shape index (κ2) is 6.56. The van der Waals surface area contributed by atoms with Crippen LogP contribution in [0.2, 0.25) is 0 Å². The van der Waals surface area contributed by atoms with Crippen molar-refractivity contribution in [2.75, 3.05) is 7.11 Å². The average Bonchev–Trinajstić information content (AvgIpc) is 3.19. The summed E-state index contributed by atoms with van der Waals surface area (Å²) < 4.78 is 84.9. The molecule has 26 heavy (non-hydrogen) atoms. The van der Waals surface area contributed by atoms with Crippen LogP contribution >= 0.6 is 0 Å². The van der Waals surface area contributed by atoms with Crippen LogP contribution in [0.25, 0.3) is 0 Å². The Morgan fingerprint density at radius 3 is 1.77 bits per heavy atom. The van der Waals surface area contributed by atoms with Crippen molar-refractivity contribution in [3.63, 3.8) is 0 Å². The van der Waals surface area contributed by atoms with Gasteiger partial charge in [0.05, 0.1) is 0 Å². The van der Waals surface area contributed by atoms with E-state index in [0.29, 0.717) is 37.2 Å². The van der Waals surface area contributed by atoms with Crippen molar-refractivity contribution < 1.29 is 31.1 Å². The molecule has 3 rings (SSSR count). The first-order valence-electron chi connectivity index (χ1n) is 9.69. The predicted molar refractivity (Wildman–Crippen MR) is 85.3 cm³/mol. The summed E-state index contributed by atoms with van der Waals surface area (Å²) in [6, 6.07) is 0. The monoisotopic (exact) mass is 386 g/mol. The number of alkyl halides is 6. The molecule has 0 saturated heterocycles. The Bertz CT molecular complexity index is 499. The van der Waals surface area contributed by atoms with Crippen LogP contribution in [-0.4, -0.2) is 25.1 Å². The van der Waals surface area contributed by atoms with Crippen molar-refractivity contribution in [2.45, 2.75) is 70.3 Å². The van der Waals surface area contributed by atoms with Gasteiger partial charge >= 0.3 is 12.4 Å². The molecule has 1 nitrogen and oxygen atoms in total. The summed E-state index contributed by atoms with van der Waals surface area (Å²) in [6.45, 7) is 4.23. The highest BCUT2D eigenvalue weighted by Crippen LogP contribution is 2.67.